The first-order valence-electron chi connectivity index (χ1n) is 7.49. The van der Waals surface area contributed by atoms with E-state index >= 15 is 0 Å². The van der Waals surface area contributed by atoms with Crippen LogP contribution in [0, 0.1) is 0 Å². The lowest BCUT2D eigenvalue weighted by atomic mass is 10.1. The van der Waals surface area contributed by atoms with Crippen LogP contribution in [-0.2, 0) is 6.54 Å². The maximum Gasteiger partial charge on any atom is 0.103 e. The molecule has 0 radical (unpaired) electrons. The highest BCUT2D eigenvalue weighted by atomic mass is 32.1. The van der Waals surface area contributed by atoms with Gasteiger partial charge in [-0.15, -0.1) is 0 Å². The molecule has 1 unspecified atom stereocenters. The fourth-order valence-corrected chi connectivity index (χ4v) is 3.16. The van der Waals surface area contributed by atoms with Crippen LogP contribution in [0.4, 0.5) is 0 Å². The smallest absolute Gasteiger partial charge is 0.103 e. The third kappa shape index (κ3) is 3.78. The van der Waals surface area contributed by atoms with E-state index in [2.05, 4.69) is 35.8 Å². The number of hydrogen-bond donors (Lipinski definition) is 1. The van der Waals surface area contributed by atoms with Crippen LogP contribution in [0.3, 0.4) is 0 Å². The molecule has 1 fully saturated rings. The zero-order chi connectivity index (χ0) is 14.5. The Morgan fingerprint density at radius 3 is 2.50 bits per heavy atom. The molecule has 0 bridgehead atoms. The van der Waals surface area contributed by atoms with Gasteiger partial charge in [-0.25, -0.2) is 0 Å². The Kier molecular flexibility index (Phi) is 5.52. The molecule has 2 rings (SSSR count). The molecule has 0 saturated carbocycles. The number of rotatable bonds is 6. The van der Waals surface area contributed by atoms with Crippen molar-refractivity contribution in [1.82, 2.24) is 9.80 Å². The number of nitrogens with zero attached hydrogens (tertiary/aromatic N) is 2. The molecule has 20 heavy (non-hydrogen) atoms. The van der Waals surface area contributed by atoms with Crippen molar-refractivity contribution in [2.45, 2.75) is 32.9 Å². The third-order valence-electron chi connectivity index (χ3n) is 4.22. The van der Waals surface area contributed by atoms with E-state index in [0.717, 1.165) is 31.2 Å². The highest BCUT2D eigenvalue weighted by Gasteiger charge is 2.25. The lowest BCUT2D eigenvalue weighted by Gasteiger charge is -2.26. The van der Waals surface area contributed by atoms with Crippen molar-refractivity contribution in [3.05, 3.63) is 35.4 Å². The second-order valence-corrected chi connectivity index (χ2v) is 5.90. The van der Waals surface area contributed by atoms with Crippen molar-refractivity contribution in [2.24, 2.45) is 5.73 Å². The van der Waals surface area contributed by atoms with Gasteiger partial charge in [0.2, 0.25) is 0 Å². The van der Waals surface area contributed by atoms with Crippen molar-refractivity contribution < 1.29 is 0 Å². The highest BCUT2D eigenvalue weighted by molar-refractivity contribution is 7.80. The van der Waals surface area contributed by atoms with Crippen molar-refractivity contribution in [3.8, 4) is 0 Å². The first kappa shape index (κ1) is 15.4. The molecule has 1 aromatic rings. The second kappa shape index (κ2) is 7.16. The van der Waals surface area contributed by atoms with Crippen LogP contribution in [0.15, 0.2) is 24.3 Å². The lowest BCUT2D eigenvalue weighted by Crippen LogP contribution is -2.37. The Bertz CT molecular complexity index is 440. The number of benzene rings is 1. The van der Waals surface area contributed by atoms with Gasteiger partial charge < -0.3 is 5.73 Å². The van der Waals surface area contributed by atoms with Crippen LogP contribution < -0.4 is 5.73 Å². The van der Waals surface area contributed by atoms with Gasteiger partial charge in [-0.1, -0.05) is 50.3 Å². The summed E-state index contributed by atoms with van der Waals surface area (Å²) in [4.78, 5) is 5.58. The molecule has 1 aliphatic heterocycles. The van der Waals surface area contributed by atoms with Crippen LogP contribution >= 0.6 is 12.2 Å². The molecule has 1 aromatic carbocycles. The minimum Gasteiger partial charge on any atom is -0.389 e. The topological polar surface area (TPSA) is 32.5 Å². The van der Waals surface area contributed by atoms with Gasteiger partial charge in [0.1, 0.15) is 4.99 Å². The van der Waals surface area contributed by atoms with Crippen LogP contribution in [-0.4, -0.2) is 47.0 Å². The van der Waals surface area contributed by atoms with E-state index in [1.54, 1.807) is 0 Å². The Hall–Kier alpha value is -0.970. The SMILES string of the molecule is CCN(CC)C1CCN(Cc2ccc(C(N)=S)cc2)C1. The highest BCUT2D eigenvalue weighted by Crippen LogP contribution is 2.18. The predicted molar refractivity (Wildman–Crippen MR) is 88.9 cm³/mol. The van der Waals surface area contributed by atoms with E-state index in [0.29, 0.717) is 4.99 Å². The summed E-state index contributed by atoms with van der Waals surface area (Å²) in [6, 6.07) is 9.05. The first-order valence-corrected chi connectivity index (χ1v) is 7.90. The van der Waals surface area contributed by atoms with Gasteiger partial charge in [0.05, 0.1) is 0 Å². The minimum absolute atomic E-state index is 0.472. The first-order chi connectivity index (χ1) is 9.63. The van der Waals surface area contributed by atoms with Crippen molar-refractivity contribution in [3.63, 3.8) is 0 Å². The van der Waals surface area contributed by atoms with Gasteiger partial charge in [-0.3, -0.25) is 9.80 Å². The van der Waals surface area contributed by atoms with E-state index < -0.39 is 0 Å². The lowest BCUT2D eigenvalue weighted by molar-refractivity contribution is 0.209. The van der Waals surface area contributed by atoms with Gasteiger partial charge >= 0.3 is 0 Å². The third-order valence-corrected chi connectivity index (χ3v) is 4.46. The standard InChI is InChI=1S/C16H25N3S/c1-3-19(4-2)15-9-10-18(12-15)11-13-5-7-14(8-6-13)16(17)20/h5-8,15H,3-4,9-12H2,1-2H3,(H2,17,20). The molecule has 3 nitrogen and oxygen atoms in total. The van der Waals surface area contributed by atoms with Crippen LogP contribution in [0.5, 0.6) is 0 Å². The average Bonchev–Trinajstić information content (AvgIpc) is 2.89. The minimum atomic E-state index is 0.472. The zero-order valence-corrected chi connectivity index (χ0v) is 13.3. The number of nitrogens with two attached hydrogens (primary N) is 1. The van der Waals surface area contributed by atoms with Gasteiger partial charge in [0, 0.05) is 31.2 Å². The molecule has 4 heteroatoms. The molecule has 0 spiro atoms. The molecule has 1 atom stereocenters. The number of hydrogen-bond acceptors (Lipinski definition) is 3. The van der Waals surface area contributed by atoms with Crippen molar-refractivity contribution in [2.75, 3.05) is 26.2 Å². The van der Waals surface area contributed by atoms with Crippen LogP contribution in [0.1, 0.15) is 31.4 Å². The summed E-state index contributed by atoms with van der Waals surface area (Å²) in [5, 5.41) is 0. The van der Waals surface area contributed by atoms with Gasteiger partial charge in [-0.2, -0.15) is 0 Å². The van der Waals surface area contributed by atoms with E-state index in [9.17, 15) is 0 Å². The summed E-state index contributed by atoms with van der Waals surface area (Å²) in [6.45, 7) is 10.2. The molecule has 0 aromatic heterocycles. The molecule has 0 amide bonds. The van der Waals surface area contributed by atoms with E-state index in [1.165, 1.54) is 25.1 Å². The Morgan fingerprint density at radius 2 is 1.95 bits per heavy atom. The van der Waals surface area contributed by atoms with Gasteiger partial charge in [0.25, 0.3) is 0 Å². The fourth-order valence-electron chi connectivity index (χ4n) is 3.03. The fraction of sp³-hybridized carbons (Fsp3) is 0.562. The molecule has 2 N–H and O–H groups in total. The Labute approximate surface area is 127 Å². The van der Waals surface area contributed by atoms with E-state index in [1.807, 2.05) is 12.1 Å². The molecular weight excluding hydrogens is 266 g/mol. The summed E-state index contributed by atoms with van der Waals surface area (Å²) in [5.74, 6) is 0. The van der Waals surface area contributed by atoms with Crippen LogP contribution in [0.2, 0.25) is 0 Å². The number of thiocarbonyl (C=S) groups is 1. The monoisotopic (exact) mass is 291 g/mol. The van der Waals surface area contributed by atoms with E-state index in [4.69, 9.17) is 18.0 Å². The Balaban J connectivity index is 1.90. The molecule has 110 valence electrons. The summed E-state index contributed by atoms with van der Waals surface area (Å²) in [6.07, 6.45) is 1.28. The summed E-state index contributed by atoms with van der Waals surface area (Å²) < 4.78 is 0. The molecule has 1 saturated heterocycles. The summed E-state index contributed by atoms with van der Waals surface area (Å²) in [5.41, 5.74) is 7.91. The number of likely N-dealkylation sites (N-methyl/N-ethyl adjacent to an activating group) is 1. The van der Waals surface area contributed by atoms with Crippen molar-refractivity contribution in [1.29, 1.82) is 0 Å². The zero-order valence-electron chi connectivity index (χ0n) is 12.5. The number of likely N-dealkylation sites (tertiary alicyclic amines) is 1. The summed E-state index contributed by atoms with van der Waals surface area (Å²) >= 11 is 4.98. The Morgan fingerprint density at radius 1 is 1.30 bits per heavy atom. The molecule has 1 aliphatic rings. The van der Waals surface area contributed by atoms with Gasteiger partial charge in [0.15, 0.2) is 0 Å². The predicted octanol–water partition coefficient (Wildman–Crippen LogP) is 2.24. The normalized spacial score (nSPS) is 19.6. The van der Waals surface area contributed by atoms with Crippen molar-refractivity contribution >= 4 is 17.2 Å². The summed E-state index contributed by atoms with van der Waals surface area (Å²) in [7, 11) is 0. The molecular formula is C16H25N3S. The maximum atomic E-state index is 5.63. The average molecular weight is 291 g/mol. The van der Waals surface area contributed by atoms with E-state index in [-0.39, 0.29) is 0 Å². The quantitative estimate of drug-likeness (QED) is 0.815. The largest absolute Gasteiger partial charge is 0.389 e. The molecule has 1 heterocycles. The van der Waals surface area contributed by atoms with Gasteiger partial charge in [-0.05, 0) is 25.1 Å². The molecule has 0 aliphatic carbocycles. The maximum absolute atomic E-state index is 5.63. The van der Waals surface area contributed by atoms with Crippen LogP contribution in [0.25, 0.3) is 0 Å². The second-order valence-electron chi connectivity index (χ2n) is 5.46.